The van der Waals surface area contributed by atoms with Crippen molar-refractivity contribution in [3.05, 3.63) is 144 Å². The van der Waals surface area contributed by atoms with E-state index in [-0.39, 0.29) is 33.0 Å². The van der Waals surface area contributed by atoms with Crippen LogP contribution in [0.25, 0.3) is 0 Å². The zero-order valence-corrected chi connectivity index (χ0v) is 33.8. The highest BCUT2D eigenvalue weighted by atomic mass is 16.7. The summed E-state index contributed by atoms with van der Waals surface area (Å²) in [6, 6.07) is 38.8. The van der Waals surface area contributed by atoms with E-state index in [1.165, 1.54) is 0 Å². The van der Waals surface area contributed by atoms with Gasteiger partial charge in [-0.1, -0.05) is 121 Å². The minimum absolute atomic E-state index is 0.115. The lowest BCUT2D eigenvalue weighted by atomic mass is 9.98. The number of aliphatic hydroxyl groups excluding tert-OH is 1. The fraction of sp³-hybridized carbons (Fsp3) is 0.413. The van der Waals surface area contributed by atoms with E-state index in [9.17, 15) is 19.5 Å². The van der Waals surface area contributed by atoms with Gasteiger partial charge < -0.3 is 52.5 Å². The Hall–Kier alpha value is -5.03. The molecule has 2 aliphatic rings. The van der Waals surface area contributed by atoms with Crippen molar-refractivity contribution < 1.29 is 66.9 Å². The molecule has 0 radical (unpaired) electrons. The Labute approximate surface area is 349 Å². The van der Waals surface area contributed by atoms with E-state index in [1.54, 1.807) is 0 Å². The molecule has 2 fully saturated rings. The first-order chi connectivity index (χ1) is 29.1. The first kappa shape index (κ1) is 44.5. The topological polar surface area (TPSA) is 164 Å². The van der Waals surface area contributed by atoms with Gasteiger partial charge in [0.15, 0.2) is 30.9 Å². The van der Waals surface area contributed by atoms with Crippen molar-refractivity contribution in [2.24, 2.45) is 0 Å². The standard InChI is InChI=1S/C46H52O14/c1-30(47)56-40-38(59-45(50)43(58-32(3)49)42(40)57-31(2)48)29-55-46-44(54-27-36-22-14-7-15-23-36)41(53-26-35-20-12-6-13-21-35)39(60-46)37(52-25-34-18-10-5-11-19-34)28-51-24-33-16-8-4-9-17-33/h4-23,37-46,50H,24-29H2,1-3H3/t37-,38-,39-,40-,41+,42+,43-,44+,45+,46-/m1/s1. The maximum atomic E-state index is 12.4. The Morgan fingerprint density at radius 2 is 0.983 bits per heavy atom. The van der Waals surface area contributed by atoms with Crippen molar-refractivity contribution >= 4 is 17.9 Å². The molecule has 4 aromatic carbocycles. The predicted molar refractivity (Wildman–Crippen MR) is 213 cm³/mol. The predicted octanol–water partition coefficient (Wildman–Crippen LogP) is 5.21. The van der Waals surface area contributed by atoms with Gasteiger partial charge in [-0.3, -0.25) is 14.4 Å². The first-order valence-corrected chi connectivity index (χ1v) is 19.8. The Kier molecular flexibility index (Phi) is 16.7. The number of benzene rings is 4. The van der Waals surface area contributed by atoms with E-state index in [0.29, 0.717) is 6.61 Å². The van der Waals surface area contributed by atoms with Crippen LogP contribution in [-0.4, -0.2) is 97.6 Å². The molecule has 10 atom stereocenters. The number of rotatable bonds is 20. The minimum Gasteiger partial charge on any atom is -0.456 e. The third-order valence-corrected chi connectivity index (χ3v) is 9.78. The molecule has 2 aliphatic heterocycles. The summed E-state index contributed by atoms with van der Waals surface area (Å²) in [5.74, 6) is -2.29. The Balaban J connectivity index is 1.31. The molecule has 0 unspecified atom stereocenters. The zero-order chi connectivity index (χ0) is 42.3. The maximum absolute atomic E-state index is 12.4. The molecule has 1 N–H and O–H groups in total. The highest BCUT2D eigenvalue weighted by Crippen LogP contribution is 2.35. The lowest BCUT2D eigenvalue weighted by Crippen LogP contribution is -2.62. The van der Waals surface area contributed by atoms with Crippen LogP contribution in [-0.2, 0) is 88.2 Å². The molecular formula is C46H52O14. The maximum Gasteiger partial charge on any atom is 0.303 e. The first-order valence-electron chi connectivity index (χ1n) is 19.8. The molecule has 6 rings (SSSR count). The lowest BCUT2D eigenvalue weighted by Gasteiger charge is -2.43. The molecule has 0 aromatic heterocycles. The van der Waals surface area contributed by atoms with E-state index in [2.05, 4.69) is 0 Å². The highest BCUT2D eigenvalue weighted by molar-refractivity contribution is 5.68. The number of hydrogen-bond donors (Lipinski definition) is 1. The van der Waals surface area contributed by atoms with Gasteiger partial charge in [0.2, 0.25) is 0 Å². The van der Waals surface area contributed by atoms with Crippen molar-refractivity contribution in [2.45, 2.75) is 109 Å². The van der Waals surface area contributed by atoms with E-state index >= 15 is 0 Å². The number of carbonyl (C=O) groups excluding carboxylic acids is 3. The quantitative estimate of drug-likeness (QED) is 0.0912. The molecule has 0 spiro atoms. The van der Waals surface area contributed by atoms with Crippen LogP contribution in [0.2, 0.25) is 0 Å². The van der Waals surface area contributed by atoms with Crippen LogP contribution < -0.4 is 0 Å². The number of carbonyl (C=O) groups is 3. The third-order valence-electron chi connectivity index (χ3n) is 9.78. The summed E-state index contributed by atoms with van der Waals surface area (Å²) in [6.07, 6.45) is -11.6. The molecule has 0 bridgehead atoms. The molecule has 2 saturated heterocycles. The molecule has 0 saturated carbocycles. The van der Waals surface area contributed by atoms with Gasteiger partial charge in [0.1, 0.15) is 30.5 Å². The fourth-order valence-electron chi connectivity index (χ4n) is 7.06. The van der Waals surface area contributed by atoms with Gasteiger partial charge in [-0.05, 0) is 22.3 Å². The second-order valence-electron chi connectivity index (χ2n) is 14.4. The summed E-state index contributed by atoms with van der Waals surface area (Å²) in [7, 11) is 0. The molecule has 320 valence electrons. The molecule has 14 heteroatoms. The van der Waals surface area contributed by atoms with Gasteiger partial charge in [-0.15, -0.1) is 0 Å². The van der Waals surface area contributed by atoms with E-state index in [0.717, 1.165) is 43.0 Å². The number of ether oxygens (including phenoxy) is 10. The van der Waals surface area contributed by atoms with E-state index < -0.39 is 79.3 Å². The van der Waals surface area contributed by atoms with Crippen LogP contribution in [0.1, 0.15) is 43.0 Å². The van der Waals surface area contributed by atoms with Gasteiger partial charge >= 0.3 is 17.9 Å². The molecule has 4 aromatic rings. The minimum atomic E-state index is -1.78. The van der Waals surface area contributed by atoms with Gasteiger partial charge in [0.25, 0.3) is 0 Å². The van der Waals surface area contributed by atoms with Crippen molar-refractivity contribution in [3.8, 4) is 0 Å². The normalized spacial score (nSPS) is 25.6. The largest absolute Gasteiger partial charge is 0.456 e. The van der Waals surface area contributed by atoms with Crippen LogP contribution >= 0.6 is 0 Å². The van der Waals surface area contributed by atoms with Crippen molar-refractivity contribution in [1.82, 2.24) is 0 Å². The Bertz CT molecular complexity index is 1900. The summed E-state index contributed by atoms with van der Waals surface area (Å²) >= 11 is 0. The average molecular weight is 829 g/mol. The van der Waals surface area contributed by atoms with Gasteiger partial charge in [0, 0.05) is 20.8 Å². The Morgan fingerprint density at radius 1 is 0.533 bits per heavy atom. The number of esters is 3. The van der Waals surface area contributed by atoms with Crippen LogP contribution in [0.3, 0.4) is 0 Å². The summed E-state index contributed by atoms with van der Waals surface area (Å²) in [6.45, 7) is 4.10. The van der Waals surface area contributed by atoms with Crippen LogP contribution in [0, 0.1) is 0 Å². The SMILES string of the molecule is CC(=O)O[C@@H]1[C@@H](OC(C)=O)[C@@H](O)O[C@H](CO[C@@H]2O[C@H]([C@@H](COCc3ccccc3)OCc3ccccc3)[C@H](OCc3ccccc3)[C@@H]2OCc2ccccc2)[C@H]1OC(C)=O. The van der Waals surface area contributed by atoms with Gasteiger partial charge in [0.05, 0.1) is 39.6 Å². The second kappa shape index (κ2) is 22.5. The van der Waals surface area contributed by atoms with Crippen molar-refractivity contribution in [2.75, 3.05) is 13.2 Å². The van der Waals surface area contributed by atoms with Crippen LogP contribution in [0.15, 0.2) is 121 Å². The molecule has 60 heavy (non-hydrogen) atoms. The fourth-order valence-corrected chi connectivity index (χ4v) is 7.06. The van der Waals surface area contributed by atoms with E-state index in [4.69, 9.17) is 47.4 Å². The highest BCUT2D eigenvalue weighted by Gasteiger charge is 2.54. The Morgan fingerprint density at radius 3 is 1.50 bits per heavy atom. The second-order valence-corrected chi connectivity index (χ2v) is 14.4. The number of aliphatic hydroxyl groups is 1. The number of hydrogen-bond acceptors (Lipinski definition) is 14. The summed E-state index contributed by atoms with van der Waals surface area (Å²) < 4.78 is 61.7. The van der Waals surface area contributed by atoms with Crippen molar-refractivity contribution in [1.29, 1.82) is 0 Å². The lowest BCUT2D eigenvalue weighted by molar-refractivity contribution is -0.305. The summed E-state index contributed by atoms with van der Waals surface area (Å²) in [5.41, 5.74) is 3.72. The average Bonchev–Trinajstić information content (AvgIpc) is 3.59. The zero-order valence-electron chi connectivity index (χ0n) is 33.8. The molecule has 14 nitrogen and oxygen atoms in total. The molecule has 0 aliphatic carbocycles. The van der Waals surface area contributed by atoms with Gasteiger partial charge in [-0.25, -0.2) is 0 Å². The smallest absolute Gasteiger partial charge is 0.303 e. The molecule has 2 heterocycles. The molecule has 0 amide bonds. The van der Waals surface area contributed by atoms with Crippen molar-refractivity contribution in [3.63, 3.8) is 0 Å². The summed E-state index contributed by atoms with van der Waals surface area (Å²) in [5, 5.41) is 11.0. The van der Waals surface area contributed by atoms with E-state index in [1.807, 2.05) is 121 Å². The van der Waals surface area contributed by atoms with Crippen LogP contribution in [0.5, 0.6) is 0 Å². The van der Waals surface area contributed by atoms with Crippen LogP contribution in [0.4, 0.5) is 0 Å². The summed E-state index contributed by atoms with van der Waals surface area (Å²) in [4.78, 5) is 36.7. The third kappa shape index (κ3) is 13.0. The molecular weight excluding hydrogens is 776 g/mol. The monoisotopic (exact) mass is 828 g/mol. The van der Waals surface area contributed by atoms with Gasteiger partial charge in [-0.2, -0.15) is 0 Å².